The molecule has 0 spiro atoms. The second-order valence-corrected chi connectivity index (χ2v) is 6.09. The third-order valence-corrected chi connectivity index (χ3v) is 3.28. The minimum Gasteiger partial charge on any atom is -0.380 e. The van der Waals surface area contributed by atoms with E-state index < -0.39 is 0 Å². The summed E-state index contributed by atoms with van der Waals surface area (Å²) in [4.78, 5) is 11.1. The van der Waals surface area contributed by atoms with Crippen LogP contribution in [0.1, 0.15) is 32.8 Å². The number of hydrogen-bond acceptors (Lipinski definition) is 5. The lowest BCUT2D eigenvalue weighted by Gasteiger charge is -2.20. The lowest BCUT2D eigenvalue weighted by Crippen LogP contribution is -2.35. The zero-order valence-electron chi connectivity index (χ0n) is 12.3. The summed E-state index contributed by atoms with van der Waals surface area (Å²) in [5.74, 6) is 0.805. The van der Waals surface area contributed by atoms with Crippen molar-refractivity contribution < 1.29 is 4.74 Å². The fraction of sp³-hybridized carbons (Fsp3) is 0.714. The second-order valence-electron chi connectivity index (χ2n) is 6.09. The molecule has 1 aliphatic heterocycles. The maximum Gasteiger partial charge on any atom is 0.225 e. The SMILES string of the molecule is COC1CCN(c2ncc(CNC(C)(C)C)cn2)C1. The Morgan fingerprint density at radius 2 is 2.05 bits per heavy atom. The van der Waals surface area contributed by atoms with Gasteiger partial charge in [0.05, 0.1) is 6.10 Å². The van der Waals surface area contributed by atoms with Crippen molar-refractivity contribution in [2.45, 2.75) is 45.4 Å². The monoisotopic (exact) mass is 264 g/mol. The summed E-state index contributed by atoms with van der Waals surface area (Å²) >= 11 is 0. The van der Waals surface area contributed by atoms with Crippen molar-refractivity contribution in [2.24, 2.45) is 0 Å². The molecule has 0 aliphatic carbocycles. The Morgan fingerprint density at radius 3 is 2.58 bits per heavy atom. The van der Waals surface area contributed by atoms with Crippen molar-refractivity contribution >= 4 is 5.95 Å². The van der Waals surface area contributed by atoms with Crippen LogP contribution in [0.5, 0.6) is 0 Å². The first-order valence-electron chi connectivity index (χ1n) is 6.81. The fourth-order valence-corrected chi connectivity index (χ4v) is 2.07. The zero-order valence-corrected chi connectivity index (χ0v) is 12.3. The molecule has 1 fully saturated rings. The van der Waals surface area contributed by atoms with Crippen molar-refractivity contribution in [3.05, 3.63) is 18.0 Å². The molecule has 1 aliphatic rings. The summed E-state index contributed by atoms with van der Waals surface area (Å²) in [5.41, 5.74) is 1.22. The van der Waals surface area contributed by atoms with Crippen molar-refractivity contribution in [1.82, 2.24) is 15.3 Å². The Hall–Kier alpha value is -1.20. The van der Waals surface area contributed by atoms with Gasteiger partial charge in [-0.2, -0.15) is 0 Å². The van der Waals surface area contributed by atoms with Gasteiger partial charge in [0.25, 0.3) is 0 Å². The summed E-state index contributed by atoms with van der Waals surface area (Å²) in [7, 11) is 1.76. The molecule has 106 valence electrons. The van der Waals surface area contributed by atoms with Gasteiger partial charge in [-0.3, -0.25) is 0 Å². The molecule has 5 nitrogen and oxygen atoms in total. The van der Waals surface area contributed by atoms with Crippen LogP contribution in [0.3, 0.4) is 0 Å². The predicted octanol–water partition coefficient (Wildman–Crippen LogP) is 1.59. The normalized spacial score (nSPS) is 20.0. The second kappa shape index (κ2) is 5.84. The van der Waals surface area contributed by atoms with E-state index in [0.717, 1.165) is 37.6 Å². The van der Waals surface area contributed by atoms with Crippen molar-refractivity contribution in [3.63, 3.8) is 0 Å². The molecule has 0 saturated carbocycles. The van der Waals surface area contributed by atoms with Gasteiger partial charge >= 0.3 is 0 Å². The van der Waals surface area contributed by atoms with Gasteiger partial charge < -0.3 is 15.0 Å². The molecule has 2 rings (SSSR count). The molecular formula is C14H24N4O. The molecule has 1 unspecified atom stereocenters. The number of methoxy groups -OCH3 is 1. The van der Waals surface area contributed by atoms with E-state index in [0.29, 0.717) is 6.10 Å². The zero-order chi connectivity index (χ0) is 13.9. The van der Waals surface area contributed by atoms with E-state index in [1.54, 1.807) is 7.11 Å². The van der Waals surface area contributed by atoms with E-state index in [1.165, 1.54) is 0 Å². The number of anilines is 1. The van der Waals surface area contributed by atoms with Gasteiger partial charge in [-0.1, -0.05) is 0 Å². The van der Waals surface area contributed by atoms with Gasteiger partial charge in [0, 0.05) is 50.2 Å². The Bertz CT molecular complexity index is 399. The van der Waals surface area contributed by atoms with Crippen LogP contribution in [0.4, 0.5) is 5.95 Å². The first-order valence-corrected chi connectivity index (χ1v) is 6.81. The lowest BCUT2D eigenvalue weighted by molar-refractivity contribution is 0.121. The highest BCUT2D eigenvalue weighted by Crippen LogP contribution is 2.17. The number of hydrogen-bond donors (Lipinski definition) is 1. The van der Waals surface area contributed by atoms with Crippen LogP contribution in [-0.2, 0) is 11.3 Å². The number of nitrogens with zero attached hydrogens (tertiary/aromatic N) is 3. The summed E-state index contributed by atoms with van der Waals surface area (Å²) < 4.78 is 5.36. The Morgan fingerprint density at radius 1 is 1.37 bits per heavy atom. The highest BCUT2D eigenvalue weighted by Gasteiger charge is 2.23. The van der Waals surface area contributed by atoms with E-state index >= 15 is 0 Å². The number of ether oxygens (including phenoxy) is 1. The minimum absolute atomic E-state index is 0.110. The van der Waals surface area contributed by atoms with Crippen LogP contribution in [0.2, 0.25) is 0 Å². The highest BCUT2D eigenvalue weighted by atomic mass is 16.5. The number of nitrogens with one attached hydrogen (secondary N) is 1. The number of rotatable bonds is 4. The van der Waals surface area contributed by atoms with Gasteiger partial charge in [-0.25, -0.2) is 9.97 Å². The molecule has 1 N–H and O–H groups in total. The first kappa shape index (κ1) is 14.2. The Balaban J connectivity index is 1.92. The molecule has 2 heterocycles. The van der Waals surface area contributed by atoms with Crippen LogP contribution >= 0.6 is 0 Å². The van der Waals surface area contributed by atoms with Crippen LogP contribution in [0.15, 0.2) is 12.4 Å². The molecule has 0 aromatic carbocycles. The molecule has 1 atom stereocenters. The first-order chi connectivity index (χ1) is 8.98. The Labute approximate surface area is 115 Å². The minimum atomic E-state index is 0.110. The standard InChI is InChI=1S/C14H24N4O/c1-14(2,3)17-9-11-7-15-13(16-8-11)18-6-5-12(10-18)19-4/h7-8,12,17H,5-6,9-10H2,1-4H3. The van der Waals surface area contributed by atoms with Gasteiger partial charge in [-0.05, 0) is 27.2 Å². The summed E-state index contributed by atoms with van der Waals surface area (Å²) in [6.45, 7) is 9.10. The molecule has 1 saturated heterocycles. The van der Waals surface area contributed by atoms with Crippen LogP contribution < -0.4 is 10.2 Å². The van der Waals surface area contributed by atoms with E-state index in [2.05, 4.69) is 41.0 Å². The summed E-state index contributed by atoms with van der Waals surface area (Å²) in [5, 5.41) is 3.43. The smallest absolute Gasteiger partial charge is 0.225 e. The largest absolute Gasteiger partial charge is 0.380 e. The maximum atomic E-state index is 5.36. The van der Waals surface area contributed by atoms with E-state index in [-0.39, 0.29) is 5.54 Å². The molecule has 5 heteroatoms. The maximum absolute atomic E-state index is 5.36. The topological polar surface area (TPSA) is 50.3 Å². The summed E-state index contributed by atoms with van der Waals surface area (Å²) in [6, 6.07) is 0. The van der Waals surface area contributed by atoms with Gasteiger partial charge in [-0.15, -0.1) is 0 Å². The van der Waals surface area contributed by atoms with Crippen molar-refractivity contribution in [2.75, 3.05) is 25.1 Å². The average Bonchev–Trinajstić information content (AvgIpc) is 2.85. The lowest BCUT2D eigenvalue weighted by atomic mass is 10.1. The Kier molecular flexibility index (Phi) is 4.37. The third-order valence-electron chi connectivity index (χ3n) is 3.28. The molecule has 0 radical (unpaired) electrons. The van der Waals surface area contributed by atoms with Crippen molar-refractivity contribution in [3.8, 4) is 0 Å². The van der Waals surface area contributed by atoms with Crippen LogP contribution in [0.25, 0.3) is 0 Å². The molecule has 19 heavy (non-hydrogen) atoms. The summed E-state index contributed by atoms with van der Waals surface area (Å²) in [6.07, 6.45) is 5.17. The van der Waals surface area contributed by atoms with E-state index in [1.807, 2.05) is 12.4 Å². The molecular weight excluding hydrogens is 240 g/mol. The molecule has 1 aromatic heterocycles. The van der Waals surface area contributed by atoms with Gasteiger partial charge in [0.2, 0.25) is 5.95 Å². The van der Waals surface area contributed by atoms with Crippen LogP contribution in [0, 0.1) is 0 Å². The quantitative estimate of drug-likeness (QED) is 0.895. The molecule has 0 amide bonds. The third kappa shape index (κ3) is 4.14. The molecule has 1 aromatic rings. The van der Waals surface area contributed by atoms with Gasteiger partial charge in [0.1, 0.15) is 0 Å². The average molecular weight is 264 g/mol. The van der Waals surface area contributed by atoms with Gasteiger partial charge in [0.15, 0.2) is 0 Å². The number of aromatic nitrogens is 2. The predicted molar refractivity (Wildman–Crippen MR) is 76.3 cm³/mol. The highest BCUT2D eigenvalue weighted by molar-refractivity contribution is 5.32. The molecule has 0 bridgehead atoms. The fourth-order valence-electron chi connectivity index (χ4n) is 2.07. The van der Waals surface area contributed by atoms with Crippen molar-refractivity contribution in [1.29, 1.82) is 0 Å². The van der Waals surface area contributed by atoms with Crippen LogP contribution in [-0.4, -0.2) is 41.8 Å². The van der Waals surface area contributed by atoms with E-state index in [9.17, 15) is 0 Å². The van der Waals surface area contributed by atoms with E-state index in [4.69, 9.17) is 4.74 Å².